The highest BCUT2D eigenvalue weighted by molar-refractivity contribution is 9.10. The van der Waals surface area contributed by atoms with Crippen LogP contribution in [0.4, 0.5) is 10.5 Å². The molecule has 0 spiro atoms. The normalized spacial score (nSPS) is 16.1. The van der Waals surface area contributed by atoms with Gasteiger partial charge in [0.25, 0.3) is 11.1 Å². The van der Waals surface area contributed by atoms with Gasteiger partial charge in [0.05, 0.1) is 11.6 Å². The number of nitrogens with zero attached hydrogens (tertiary/aromatic N) is 1. The second-order valence-corrected chi connectivity index (χ2v) is 7.35. The van der Waals surface area contributed by atoms with Gasteiger partial charge in [-0.3, -0.25) is 14.5 Å². The Labute approximate surface area is 157 Å². The number of anilines is 1. The van der Waals surface area contributed by atoms with Gasteiger partial charge in [-0.25, -0.2) is 0 Å². The highest BCUT2D eigenvalue weighted by atomic mass is 79.9. The van der Waals surface area contributed by atoms with Crippen molar-refractivity contribution in [1.82, 2.24) is 4.90 Å². The van der Waals surface area contributed by atoms with Gasteiger partial charge in [0.15, 0.2) is 0 Å². The molecule has 0 unspecified atom stereocenters. The van der Waals surface area contributed by atoms with Crippen molar-refractivity contribution in [2.24, 2.45) is 0 Å². The summed E-state index contributed by atoms with van der Waals surface area (Å²) in [6.45, 7) is 0.124. The quantitative estimate of drug-likeness (QED) is 0.686. The van der Waals surface area contributed by atoms with Crippen molar-refractivity contribution >= 4 is 62.2 Å². The molecule has 0 saturated carbocycles. The number of carbonyl (C=O) groups is 2. The third-order valence-corrected chi connectivity index (χ3v) is 4.98. The second kappa shape index (κ2) is 7.42. The molecule has 1 fully saturated rings. The van der Waals surface area contributed by atoms with E-state index >= 15 is 0 Å². The van der Waals surface area contributed by atoms with E-state index in [-0.39, 0.29) is 17.8 Å². The molecule has 1 N–H and O–H groups in total. The summed E-state index contributed by atoms with van der Waals surface area (Å²) >= 11 is 10.2. The molecule has 1 saturated heterocycles. The van der Waals surface area contributed by atoms with E-state index in [1.165, 1.54) is 4.90 Å². The molecule has 122 valence electrons. The molecule has 0 atom stereocenters. The molecule has 2 aromatic carbocycles. The van der Waals surface area contributed by atoms with Crippen molar-refractivity contribution in [2.75, 3.05) is 12.0 Å². The summed E-state index contributed by atoms with van der Waals surface area (Å²) < 4.78 is 0.962. The first-order valence-electron chi connectivity index (χ1n) is 7.03. The summed E-state index contributed by atoms with van der Waals surface area (Å²) in [5.41, 5.74) is 1.62. The molecule has 0 bridgehead atoms. The van der Waals surface area contributed by atoms with Crippen molar-refractivity contribution in [1.29, 1.82) is 0 Å². The molecule has 7 heteroatoms. The lowest BCUT2D eigenvalue weighted by Crippen LogP contribution is -2.33. The van der Waals surface area contributed by atoms with Crippen LogP contribution >= 0.6 is 39.3 Å². The Bertz CT molecular complexity index is 824. The minimum Gasteiger partial charge on any atom is -0.367 e. The van der Waals surface area contributed by atoms with Gasteiger partial charge >= 0.3 is 0 Å². The lowest BCUT2D eigenvalue weighted by Gasteiger charge is -2.14. The summed E-state index contributed by atoms with van der Waals surface area (Å²) in [6.07, 6.45) is 1.68. The van der Waals surface area contributed by atoms with Crippen LogP contribution in [0.5, 0.6) is 0 Å². The monoisotopic (exact) mass is 422 g/mol. The molecule has 1 heterocycles. The van der Waals surface area contributed by atoms with Crippen LogP contribution in [-0.2, 0) is 4.79 Å². The van der Waals surface area contributed by atoms with Crippen LogP contribution in [0.3, 0.4) is 0 Å². The first kappa shape index (κ1) is 17.1. The van der Waals surface area contributed by atoms with Crippen LogP contribution in [0, 0.1) is 0 Å². The van der Waals surface area contributed by atoms with Gasteiger partial charge in [-0.15, -0.1) is 0 Å². The van der Waals surface area contributed by atoms with E-state index in [0.717, 1.165) is 27.5 Å². The predicted octanol–water partition coefficient (Wildman–Crippen LogP) is 5.21. The SMILES string of the molecule is O=C1S/C(=C\c2cccc(Cl)c2)C(=O)N1CNc1ccc(Br)cc1. The number of hydrogen-bond donors (Lipinski definition) is 1. The fourth-order valence-electron chi connectivity index (χ4n) is 2.12. The van der Waals surface area contributed by atoms with Crippen molar-refractivity contribution in [2.45, 2.75) is 0 Å². The highest BCUT2D eigenvalue weighted by Gasteiger charge is 2.34. The molecule has 0 aliphatic carbocycles. The Balaban J connectivity index is 1.71. The number of thioether (sulfide) groups is 1. The van der Waals surface area contributed by atoms with Gasteiger partial charge < -0.3 is 5.32 Å². The molecule has 0 aromatic heterocycles. The Morgan fingerprint density at radius 3 is 2.62 bits per heavy atom. The summed E-state index contributed by atoms with van der Waals surface area (Å²) in [5.74, 6) is -0.311. The molecule has 24 heavy (non-hydrogen) atoms. The topological polar surface area (TPSA) is 49.4 Å². The van der Waals surface area contributed by atoms with Crippen LogP contribution in [0.15, 0.2) is 57.9 Å². The Kier molecular flexibility index (Phi) is 5.28. The molecule has 1 aliphatic heterocycles. The summed E-state index contributed by atoms with van der Waals surface area (Å²) in [7, 11) is 0. The van der Waals surface area contributed by atoms with Crippen LogP contribution in [-0.4, -0.2) is 22.7 Å². The number of carbonyl (C=O) groups excluding carboxylic acids is 2. The maximum absolute atomic E-state index is 12.4. The zero-order valence-electron chi connectivity index (χ0n) is 12.3. The van der Waals surface area contributed by atoms with Gasteiger partial charge in [-0.05, 0) is 59.8 Å². The third-order valence-electron chi connectivity index (χ3n) is 3.31. The zero-order valence-corrected chi connectivity index (χ0v) is 15.5. The van der Waals surface area contributed by atoms with Crippen molar-refractivity contribution in [3.8, 4) is 0 Å². The largest absolute Gasteiger partial charge is 0.367 e. The number of halogens is 2. The Hall–Kier alpha value is -1.76. The fraction of sp³-hybridized carbons (Fsp3) is 0.0588. The number of nitrogens with one attached hydrogen (secondary N) is 1. The maximum atomic E-state index is 12.4. The van der Waals surface area contributed by atoms with Gasteiger partial charge in [-0.1, -0.05) is 39.7 Å². The van der Waals surface area contributed by atoms with E-state index in [4.69, 9.17) is 11.6 Å². The molecule has 3 rings (SSSR count). The first-order valence-corrected chi connectivity index (χ1v) is 9.02. The van der Waals surface area contributed by atoms with Crippen molar-refractivity contribution in [3.05, 3.63) is 68.5 Å². The van der Waals surface area contributed by atoms with Crippen molar-refractivity contribution < 1.29 is 9.59 Å². The predicted molar refractivity (Wildman–Crippen MR) is 102 cm³/mol. The standard InChI is InChI=1S/C17H12BrClN2O2S/c18-12-4-6-14(7-5-12)20-10-21-16(22)15(24-17(21)23)9-11-2-1-3-13(19)8-11/h1-9,20H,10H2/b15-9-. The molecule has 4 nitrogen and oxygen atoms in total. The Morgan fingerprint density at radius 2 is 1.92 bits per heavy atom. The number of benzene rings is 2. The maximum Gasteiger partial charge on any atom is 0.295 e. The number of amides is 2. The van der Waals surface area contributed by atoms with Crippen LogP contribution < -0.4 is 5.32 Å². The lowest BCUT2D eigenvalue weighted by atomic mass is 10.2. The van der Waals surface area contributed by atoms with Crippen LogP contribution in [0.25, 0.3) is 6.08 Å². The molecular weight excluding hydrogens is 412 g/mol. The molecule has 2 aromatic rings. The zero-order chi connectivity index (χ0) is 17.1. The average Bonchev–Trinajstić information content (AvgIpc) is 2.81. The minimum absolute atomic E-state index is 0.124. The molecule has 1 aliphatic rings. The van der Waals surface area contributed by atoms with E-state index in [1.807, 2.05) is 30.3 Å². The minimum atomic E-state index is -0.311. The number of imide groups is 1. The van der Waals surface area contributed by atoms with E-state index in [0.29, 0.717) is 9.93 Å². The van der Waals surface area contributed by atoms with Gasteiger partial charge in [0.1, 0.15) is 0 Å². The second-order valence-electron chi connectivity index (χ2n) is 5.01. The van der Waals surface area contributed by atoms with Gasteiger partial charge in [0.2, 0.25) is 0 Å². The smallest absolute Gasteiger partial charge is 0.295 e. The molecule has 0 radical (unpaired) electrons. The summed E-state index contributed by atoms with van der Waals surface area (Å²) in [4.78, 5) is 26.1. The number of rotatable bonds is 4. The third kappa shape index (κ3) is 4.01. The summed E-state index contributed by atoms with van der Waals surface area (Å²) in [6, 6.07) is 14.6. The van der Waals surface area contributed by atoms with Crippen LogP contribution in [0.2, 0.25) is 5.02 Å². The van der Waals surface area contributed by atoms with E-state index in [1.54, 1.807) is 24.3 Å². The highest BCUT2D eigenvalue weighted by Crippen LogP contribution is 2.32. The van der Waals surface area contributed by atoms with Crippen LogP contribution in [0.1, 0.15) is 5.56 Å². The first-order chi connectivity index (χ1) is 11.5. The van der Waals surface area contributed by atoms with E-state index < -0.39 is 0 Å². The average molecular weight is 424 g/mol. The summed E-state index contributed by atoms with van der Waals surface area (Å²) in [5, 5.41) is 3.36. The van der Waals surface area contributed by atoms with Gasteiger partial charge in [-0.2, -0.15) is 0 Å². The van der Waals surface area contributed by atoms with Gasteiger partial charge in [0, 0.05) is 15.2 Å². The van der Waals surface area contributed by atoms with E-state index in [9.17, 15) is 9.59 Å². The molecule has 2 amide bonds. The lowest BCUT2D eigenvalue weighted by molar-refractivity contribution is -0.122. The number of hydrogen-bond acceptors (Lipinski definition) is 4. The van der Waals surface area contributed by atoms with E-state index in [2.05, 4.69) is 21.2 Å². The molecular formula is C17H12BrClN2O2S. The fourth-order valence-corrected chi connectivity index (χ4v) is 3.42. The Morgan fingerprint density at radius 1 is 1.17 bits per heavy atom. The van der Waals surface area contributed by atoms with Crippen molar-refractivity contribution in [3.63, 3.8) is 0 Å².